The summed E-state index contributed by atoms with van der Waals surface area (Å²) in [4.78, 5) is -1.73. The Labute approximate surface area is 173 Å². The molecule has 0 bridgehead atoms. The number of hydrogen-bond acceptors (Lipinski definition) is 7. The minimum atomic E-state index is -5.05. The molecule has 14 heteroatoms. The summed E-state index contributed by atoms with van der Waals surface area (Å²) in [6, 6.07) is 7.52. The first kappa shape index (κ1) is 22.6. The monoisotopic (exact) mass is 476 g/mol. The summed E-state index contributed by atoms with van der Waals surface area (Å²) in [6.07, 6.45) is -4.78. The van der Waals surface area contributed by atoms with Crippen molar-refractivity contribution in [1.29, 1.82) is 0 Å². The van der Waals surface area contributed by atoms with Crippen LogP contribution < -0.4 is 0 Å². The molecule has 0 saturated heterocycles. The molecule has 3 aromatic rings. The van der Waals surface area contributed by atoms with Gasteiger partial charge in [0.05, 0.1) is 16.1 Å². The lowest BCUT2D eigenvalue weighted by Gasteiger charge is -2.11. The molecule has 3 N–H and O–H groups in total. The molecule has 0 radical (unpaired) electrons. The minimum absolute atomic E-state index is 0.120. The first-order valence-corrected chi connectivity index (χ1v) is 10.9. The van der Waals surface area contributed by atoms with Crippen LogP contribution in [-0.4, -0.2) is 31.0 Å². The van der Waals surface area contributed by atoms with E-state index in [1.165, 1.54) is 6.07 Å². The van der Waals surface area contributed by atoms with Gasteiger partial charge in [-0.1, -0.05) is 18.2 Å². The molecule has 9 nitrogen and oxygen atoms in total. The van der Waals surface area contributed by atoms with Crippen LogP contribution in [0.2, 0.25) is 0 Å². The largest absolute Gasteiger partial charge is 0.504 e. The second-order valence-corrected chi connectivity index (χ2v) is 8.93. The van der Waals surface area contributed by atoms with Gasteiger partial charge in [-0.25, -0.2) is 0 Å². The van der Waals surface area contributed by atoms with Crippen molar-refractivity contribution in [3.8, 4) is 5.75 Å². The SMILES string of the molecule is O=S(=O)(O)c1ccc2c(N=Nc3ccccc3C(F)(F)F)c(O)c(S(=O)(=O)O)cc2c1. The molecule has 3 rings (SSSR count). The van der Waals surface area contributed by atoms with Crippen molar-refractivity contribution in [3.05, 3.63) is 54.1 Å². The second-order valence-electron chi connectivity index (χ2n) is 6.12. The van der Waals surface area contributed by atoms with Crippen LogP contribution in [0.1, 0.15) is 5.56 Å². The zero-order valence-electron chi connectivity index (χ0n) is 14.9. The number of halogens is 3. The smallest absolute Gasteiger partial charge is 0.418 e. The van der Waals surface area contributed by atoms with Gasteiger partial charge in [-0.3, -0.25) is 9.11 Å². The third kappa shape index (κ3) is 4.66. The molecule has 0 aliphatic heterocycles. The molecule has 0 aliphatic carbocycles. The number of alkyl halides is 3. The zero-order valence-corrected chi connectivity index (χ0v) is 16.6. The highest BCUT2D eigenvalue weighted by molar-refractivity contribution is 7.86. The highest BCUT2D eigenvalue weighted by Gasteiger charge is 2.33. The summed E-state index contributed by atoms with van der Waals surface area (Å²) in [5.41, 5.74) is -2.44. The van der Waals surface area contributed by atoms with Crippen molar-refractivity contribution in [2.75, 3.05) is 0 Å². The molecule has 0 unspecified atom stereocenters. The summed E-state index contributed by atoms with van der Waals surface area (Å²) in [7, 11) is -9.75. The average molecular weight is 476 g/mol. The lowest BCUT2D eigenvalue weighted by atomic mass is 10.1. The Morgan fingerprint density at radius 3 is 2.06 bits per heavy atom. The summed E-state index contributed by atoms with van der Waals surface area (Å²) >= 11 is 0. The van der Waals surface area contributed by atoms with Crippen LogP contribution in [0.25, 0.3) is 10.8 Å². The molecule has 0 aliphatic rings. The van der Waals surface area contributed by atoms with Crippen LogP contribution in [0.15, 0.2) is 68.6 Å². The van der Waals surface area contributed by atoms with Crippen LogP contribution in [0.5, 0.6) is 5.75 Å². The Morgan fingerprint density at radius 2 is 1.48 bits per heavy atom. The van der Waals surface area contributed by atoms with Crippen molar-refractivity contribution in [3.63, 3.8) is 0 Å². The number of nitrogens with zero attached hydrogens (tertiary/aromatic N) is 2. The molecule has 0 heterocycles. The summed E-state index contributed by atoms with van der Waals surface area (Å²) in [5, 5.41) is 16.9. The molecule has 0 fully saturated rings. The summed E-state index contributed by atoms with van der Waals surface area (Å²) < 4.78 is 104. The summed E-state index contributed by atoms with van der Waals surface area (Å²) in [6.45, 7) is 0. The fraction of sp³-hybridized carbons (Fsp3) is 0.0588. The Balaban J connectivity index is 2.32. The maximum Gasteiger partial charge on any atom is 0.418 e. The van der Waals surface area contributed by atoms with Gasteiger partial charge in [-0.05, 0) is 35.7 Å². The van der Waals surface area contributed by atoms with E-state index in [1.807, 2.05) is 0 Å². The highest BCUT2D eigenvalue weighted by atomic mass is 32.2. The van der Waals surface area contributed by atoms with Gasteiger partial charge in [0.2, 0.25) is 0 Å². The first-order chi connectivity index (χ1) is 14.2. The molecule has 31 heavy (non-hydrogen) atoms. The van der Waals surface area contributed by atoms with Crippen molar-refractivity contribution >= 4 is 42.4 Å². The third-order valence-electron chi connectivity index (χ3n) is 4.07. The van der Waals surface area contributed by atoms with Gasteiger partial charge in [0, 0.05) is 5.39 Å². The van der Waals surface area contributed by atoms with Crippen molar-refractivity contribution < 1.29 is 44.2 Å². The van der Waals surface area contributed by atoms with E-state index < -0.39 is 58.9 Å². The van der Waals surface area contributed by atoms with E-state index >= 15 is 0 Å². The Bertz CT molecular complexity index is 1430. The number of fused-ring (bicyclic) bond motifs is 1. The quantitative estimate of drug-likeness (QED) is 0.371. The molecule has 3 aromatic carbocycles. The third-order valence-corrected chi connectivity index (χ3v) is 5.78. The highest BCUT2D eigenvalue weighted by Crippen LogP contribution is 2.43. The predicted octanol–water partition coefficient (Wildman–Crippen LogP) is 4.47. The number of aromatic hydroxyl groups is 1. The van der Waals surface area contributed by atoms with E-state index in [4.69, 9.17) is 4.55 Å². The minimum Gasteiger partial charge on any atom is -0.504 e. The predicted molar refractivity (Wildman–Crippen MR) is 101 cm³/mol. The lowest BCUT2D eigenvalue weighted by molar-refractivity contribution is -0.137. The molecular formula is C17H11F3N2O7S2. The second kappa shape index (κ2) is 7.56. The molecule has 0 atom stereocenters. The van der Waals surface area contributed by atoms with E-state index in [2.05, 4.69) is 10.2 Å². The number of rotatable bonds is 4. The van der Waals surface area contributed by atoms with E-state index in [1.54, 1.807) is 0 Å². The normalized spacial score (nSPS) is 13.2. The van der Waals surface area contributed by atoms with E-state index in [0.717, 1.165) is 36.4 Å². The molecule has 0 aromatic heterocycles. The van der Waals surface area contributed by atoms with Gasteiger partial charge < -0.3 is 5.11 Å². The lowest BCUT2D eigenvalue weighted by Crippen LogP contribution is -2.04. The maximum absolute atomic E-state index is 13.1. The van der Waals surface area contributed by atoms with Gasteiger partial charge in [-0.15, -0.1) is 10.2 Å². The molecule has 0 saturated carbocycles. The number of azo groups is 1. The van der Waals surface area contributed by atoms with Gasteiger partial charge in [0.15, 0.2) is 5.75 Å². The van der Waals surface area contributed by atoms with E-state index in [0.29, 0.717) is 6.07 Å². The first-order valence-electron chi connectivity index (χ1n) is 8.02. The Hall–Kier alpha value is -3.07. The number of phenols is 1. The van der Waals surface area contributed by atoms with Crippen LogP contribution in [0.4, 0.5) is 24.5 Å². The van der Waals surface area contributed by atoms with Crippen molar-refractivity contribution in [2.45, 2.75) is 16.0 Å². The molecule has 0 amide bonds. The summed E-state index contributed by atoms with van der Waals surface area (Å²) in [5.74, 6) is -1.12. The standard InChI is InChI=1S/C17H11F3N2O7S2/c18-17(19,20)12-3-1-2-4-13(12)21-22-15-11-6-5-10(30(24,25)26)7-9(11)8-14(16(15)23)31(27,28)29/h1-8,23H,(H,24,25,26)(H,27,28,29). The van der Waals surface area contributed by atoms with Gasteiger partial charge in [-0.2, -0.15) is 30.0 Å². The molecule has 164 valence electrons. The van der Waals surface area contributed by atoms with E-state index in [-0.39, 0.29) is 10.8 Å². The van der Waals surface area contributed by atoms with Gasteiger partial charge in [0.1, 0.15) is 10.6 Å². The fourth-order valence-electron chi connectivity index (χ4n) is 2.69. The Kier molecular flexibility index (Phi) is 5.52. The molecule has 0 spiro atoms. The van der Waals surface area contributed by atoms with Gasteiger partial charge >= 0.3 is 6.18 Å². The number of benzene rings is 3. The number of hydrogen-bond donors (Lipinski definition) is 3. The van der Waals surface area contributed by atoms with Crippen LogP contribution >= 0.6 is 0 Å². The Morgan fingerprint density at radius 1 is 0.839 bits per heavy atom. The van der Waals surface area contributed by atoms with Crippen molar-refractivity contribution in [2.24, 2.45) is 10.2 Å². The fourth-order valence-corrected chi connectivity index (χ4v) is 3.83. The van der Waals surface area contributed by atoms with Crippen LogP contribution in [0, 0.1) is 0 Å². The zero-order chi connectivity index (χ0) is 23.2. The van der Waals surface area contributed by atoms with Crippen LogP contribution in [-0.2, 0) is 26.4 Å². The molecular weight excluding hydrogens is 465 g/mol. The van der Waals surface area contributed by atoms with E-state index in [9.17, 15) is 39.7 Å². The van der Waals surface area contributed by atoms with Crippen molar-refractivity contribution in [1.82, 2.24) is 0 Å². The maximum atomic E-state index is 13.1. The number of phenolic OH excluding ortho intramolecular Hbond substituents is 1. The van der Waals surface area contributed by atoms with Gasteiger partial charge in [0.25, 0.3) is 20.2 Å². The topological polar surface area (TPSA) is 154 Å². The average Bonchev–Trinajstić information content (AvgIpc) is 2.64. The van der Waals surface area contributed by atoms with Crippen LogP contribution in [0.3, 0.4) is 0 Å².